The Hall–Kier alpha value is -1.96. The summed E-state index contributed by atoms with van der Waals surface area (Å²) in [7, 11) is 0. The van der Waals surface area contributed by atoms with Crippen LogP contribution in [0.3, 0.4) is 0 Å². The molecule has 69 heavy (non-hydrogen) atoms. The number of hydrogen-bond donors (Lipinski definition) is 8. The molecule has 0 amide bonds. The van der Waals surface area contributed by atoms with Gasteiger partial charge in [0.15, 0.2) is 25.2 Å². The zero-order valence-corrected chi connectivity index (χ0v) is 40.5. The van der Waals surface area contributed by atoms with Crippen LogP contribution in [0.4, 0.5) is 0 Å². The van der Waals surface area contributed by atoms with E-state index in [0.717, 1.165) is 37.7 Å². The normalized spacial score (nSPS) is 53.3. The van der Waals surface area contributed by atoms with Crippen LogP contribution in [0.15, 0.2) is 11.6 Å². The van der Waals surface area contributed by atoms with Crippen molar-refractivity contribution in [3.63, 3.8) is 0 Å². The molecule has 5 heterocycles. The number of aliphatic hydroxyl groups excluding tert-OH is 7. The molecule has 392 valence electrons. The van der Waals surface area contributed by atoms with Gasteiger partial charge in [0, 0.05) is 37.7 Å². The van der Waals surface area contributed by atoms with Crippen LogP contribution >= 0.6 is 0 Å². The molecule has 0 aromatic carbocycles. The molecule has 0 radical (unpaired) electrons. The highest BCUT2D eigenvalue weighted by molar-refractivity contribution is 5.85. The van der Waals surface area contributed by atoms with Crippen LogP contribution in [-0.4, -0.2) is 188 Å². The van der Waals surface area contributed by atoms with Gasteiger partial charge in [-0.05, 0) is 107 Å². The van der Waals surface area contributed by atoms with Crippen molar-refractivity contribution in [2.75, 3.05) is 13.2 Å². The fraction of sp³-hybridized carbons (Fsp3) is 0.918. The van der Waals surface area contributed by atoms with Crippen molar-refractivity contribution in [1.29, 1.82) is 0 Å². The lowest BCUT2D eigenvalue weighted by atomic mass is 9.42. The second kappa shape index (κ2) is 20.0. The van der Waals surface area contributed by atoms with Crippen LogP contribution < -0.4 is 0 Å². The van der Waals surface area contributed by atoms with E-state index in [1.54, 1.807) is 26.8 Å². The van der Waals surface area contributed by atoms with E-state index >= 15 is 0 Å². The topological polar surface area (TPSA) is 288 Å². The Bertz CT molecular complexity index is 1850. The van der Waals surface area contributed by atoms with Crippen molar-refractivity contribution in [2.24, 2.45) is 34.5 Å². The molecule has 8 fully saturated rings. The molecule has 4 saturated heterocycles. The van der Waals surface area contributed by atoms with Gasteiger partial charge in [-0.1, -0.05) is 13.8 Å². The average Bonchev–Trinajstić information content (AvgIpc) is 3.84. The van der Waals surface area contributed by atoms with Crippen LogP contribution in [-0.2, 0) is 57.0 Å². The number of aliphatic hydroxyl groups is 8. The number of carbonyl (C=O) groups excluding carboxylic acids is 2. The molecule has 4 aliphatic carbocycles. The van der Waals surface area contributed by atoms with Gasteiger partial charge in [-0.2, -0.15) is 0 Å². The maximum absolute atomic E-state index is 12.6. The zero-order chi connectivity index (χ0) is 49.5. The van der Waals surface area contributed by atoms with Gasteiger partial charge >= 0.3 is 11.9 Å². The molecule has 0 spiro atoms. The number of ether oxygens (including phenoxy) is 10. The summed E-state index contributed by atoms with van der Waals surface area (Å²) in [6.45, 7) is 10.3. The van der Waals surface area contributed by atoms with Crippen LogP contribution in [0.5, 0.6) is 0 Å². The highest BCUT2D eigenvalue weighted by atomic mass is 16.8. The summed E-state index contributed by atoms with van der Waals surface area (Å²) in [4.78, 5) is 24.2. The van der Waals surface area contributed by atoms with E-state index in [1.165, 1.54) is 6.92 Å². The number of cyclic esters (lactones) is 1. The van der Waals surface area contributed by atoms with Crippen LogP contribution in [0.25, 0.3) is 0 Å². The Morgan fingerprint density at radius 3 is 1.93 bits per heavy atom. The highest BCUT2D eigenvalue weighted by Gasteiger charge is 2.71. The minimum Gasteiger partial charge on any atom is -0.459 e. The van der Waals surface area contributed by atoms with Gasteiger partial charge in [0.2, 0.25) is 0 Å². The molecule has 4 saturated carbocycles. The molecule has 20 heteroatoms. The average molecular weight is 985 g/mol. The van der Waals surface area contributed by atoms with E-state index in [1.807, 2.05) is 6.92 Å². The van der Waals surface area contributed by atoms with Gasteiger partial charge in [0.1, 0.15) is 55.4 Å². The molecule has 8 N–H and O–H groups in total. The second-order valence-corrected chi connectivity index (χ2v) is 22.2. The smallest absolute Gasteiger partial charge is 0.331 e. The minimum absolute atomic E-state index is 0.00421. The van der Waals surface area contributed by atoms with Crippen molar-refractivity contribution in [3.8, 4) is 0 Å². The second-order valence-electron chi connectivity index (χ2n) is 22.2. The maximum Gasteiger partial charge on any atom is 0.331 e. The third-order valence-corrected chi connectivity index (χ3v) is 18.4. The SMILES string of the molecule is CC(=O)O[C@H]1C[C@H](O[C@H]2[C@@H](O)C[C@H](O[C@@H]3[C@@H](O)C[C@H](O[C@H]4CC[C@@]5(C)[C@H](CC[C@@H]6[C@H]5C[C@@H](O)[C@]5(C)[C@@H](C7=CC(=O)OC7)CC[C@]65O)C4)O[C@@H]3C)O[C@@H]2C)O[C@H](C)[C@H]1O[C@@H]1O[C@H](CO)[C@@H](O)[C@H](O)[C@@H]1O. The first kappa shape index (κ1) is 51.9. The Kier molecular flexibility index (Phi) is 15.1. The van der Waals surface area contributed by atoms with E-state index in [0.29, 0.717) is 25.2 Å². The van der Waals surface area contributed by atoms with Crippen molar-refractivity contribution < 1.29 is 97.8 Å². The molecular formula is C49H76O20. The summed E-state index contributed by atoms with van der Waals surface area (Å²) in [5.74, 6) is -0.580. The number of hydrogen-bond acceptors (Lipinski definition) is 20. The Morgan fingerprint density at radius 1 is 0.710 bits per heavy atom. The number of esters is 2. The van der Waals surface area contributed by atoms with Crippen molar-refractivity contribution in [2.45, 2.75) is 234 Å². The van der Waals surface area contributed by atoms with E-state index in [4.69, 9.17) is 47.4 Å². The van der Waals surface area contributed by atoms with E-state index in [2.05, 4.69) is 6.92 Å². The lowest BCUT2D eigenvalue weighted by molar-refractivity contribution is -0.355. The zero-order valence-electron chi connectivity index (χ0n) is 40.5. The third kappa shape index (κ3) is 9.48. The maximum atomic E-state index is 12.6. The van der Waals surface area contributed by atoms with E-state index < -0.39 is 134 Å². The van der Waals surface area contributed by atoms with Gasteiger partial charge in [0.05, 0.1) is 54.9 Å². The van der Waals surface area contributed by atoms with Gasteiger partial charge in [-0.25, -0.2) is 4.79 Å². The van der Waals surface area contributed by atoms with Crippen molar-refractivity contribution in [3.05, 3.63) is 11.6 Å². The van der Waals surface area contributed by atoms with Crippen LogP contribution in [0.1, 0.15) is 112 Å². The molecule has 5 aliphatic heterocycles. The standard InChI is InChI=1S/C49H76O20/c1-21-43(67-38-17-32(53)44(22(2)62-38)68-39-18-33(64-24(4)51)45(23(3)63-39)69-46-42(58)41(57)40(56)34(19-50)66-46)31(52)16-37(61-21)65-27-9-11-47(5)26(14-27)7-8-29-30(47)15-35(54)48(6)28(10-12-49(29,48)59)25-13-36(55)60-20-25/h13,21-23,26-35,37-46,50,52-54,56-59H,7-12,14-20H2,1-6H3/t21-,22-,23-,26-,27+,28-,29-,30-,31+,32+,33+,34-,35-,37+,38+,39+,40-,41+,42+,43+,44-,45-,46+,47+,48+,49+/m1/s1. The Labute approximate surface area is 402 Å². The summed E-state index contributed by atoms with van der Waals surface area (Å²) in [5, 5.41) is 88.1. The Balaban J connectivity index is 0.752. The fourth-order valence-electron chi connectivity index (χ4n) is 14.6. The lowest BCUT2D eigenvalue weighted by Crippen LogP contribution is -2.67. The first-order chi connectivity index (χ1) is 32.6. The van der Waals surface area contributed by atoms with Gasteiger partial charge < -0.3 is 88.2 Å². The van der Waals surface area contributed by atoms with Gasteiger partial charge in [0.25, 0.3) is 0 Å². The summed E-state index contributed by atoms with van der Waals surface area (Å²) in [6.07, 6.45) is -11.1. The predicted octanol–water partition coefficient (Wildman–Crippen LogP) is 0.613. The van der Waals surface area contributed by atoms with Crippen molar-refractivity contribution in [1.82, 2.24) is 0 Å². The summed E-state index contributed by atoms with van der Waals surface area (Å²) < 4.78 is 60.1. The predicted molar refractivity (Wildman–Crippen MR) is 235 cm³/mol. The molecule has 20 nitrogen and oxygen atoms in total. The molecule has 9 rings (SSSR count). The molecule has 0 bridgehead atoms. The minimum atomic E-state index is -1.69. The largest absolute Gasteiger partial charge is 0.459 e. The summed E-state index contributed by atoms with van der Waals surface area (Å²) in [6, 6.07) is 0. The molecule has 0 unspecified atom stereocenters. The molecular weight excluding hydrogens is 909 g/mol. The first-order valence-electron chi connectivity index (χ1n) is 25.3. The molecule has 0 aromatic heterocycles. The van der Waals surface area contributed by atoms with Gasteiger partial charge in [-0.3, -0.25) is 4.79 Å². The Morgan fingerprint density at radius 2 is 1.33 bits per heavy atom. The molecule has 9 aliphatic rings. The first-order valence-corrected chi connectivity index (χ1v) is 25.3. The van der Waals surface area contributed by atoms with Gasteiger partial charge in [-0.15, -0.1) is 0 Å². The summed E-state index contributed by atoms with van der Waals surface area (Å²) in [5.41, 5.74) is -1.01. The van der Waals surface area contributed by atoms with Crippen molar-refractivity contribution >= 4 is 11.9 Å². The monoisotopic (exact) mass is 984 g/mol. The number of fused-ring (bicyclic) bond motifs is 5. The van der Waals surface area contributed by atoms with E-state index in [9.17, 15) is 50.4 Å². The lowest BCUT2D eigenvalue weighted by Gasteiger charge is -2.65. The number of rotatable bonds is 11. The fourth-order valence-corrected chi connectivity index (χ4v) is 14.6. The third-order valence-electron chi connectivity index (χ3n) is 18.4. The quantitative estimate of drug-likeness (QED) is 0.104. The number of carbonyl (C=O) groups is 2. The summed E-state index contributed by atoms with van der Waals surface area (Å²) >= 11 is 0. The molecule has 0 aromatic rings. The van der Waals surface area contributed by atoms with Crippen LogP contribution in [0.2, 0.25) is 0 Å². The van der Waals surface area contributed by atoms with Crippen LogP contribution in [0, 0.1) is 34.5 Å². The van der Waals surface area contributed by atoms with E-state index in [-0.39, 0.29) is 61.1 Å². The highest BCUT2D eigenvalue weighted by Crippen LogP contribution is 2.70. The molecule has 26 atom stereocenters.